The van der Waals surface area contributed by atoms with Gasteiger partial charge in [-0.1, -0.05) is 13.0 Å². The summed E-state index contributed by atoms with van der Waals surface area (Å²) in [6, 6.07) is 5.49. The molecule has 2 aliphatic rings. The first kappa shape index (κ1) is 19.7. The number of nitrogen functional groups attached to an aromatic ring is 1. The molecule has 27 heavy (non-hydrogen) atoms. The second-order valence-electron chi connectivity index (χ2n) is 7.83. The number of carbonyl (C=O) groups is 2. The molecular weight excluding hydrogens is 340 g/mol. The normalized spacial score (nSPS) is 19.3. The maximum absolute atomic E-state index is 12.8. The first-order chi connectivity index (χ1) is 13.0. The average molecular weight is 373 g/mol. The zero-order valence-electron chi connectivity index (χ0n) is 16.6. The number of nitrogens with two attached hydrogens (primary N) is 1. The molecule has 2 saturated heterocycles. The van der Waals surface area contributed by atoms with Gasteiger partial charge in [-0.3, -0.25) is 9.59 Å². The Kier molecular flexibility index (Phi) is 6.37. The minimum absolute atomic E-state index is 0.0558. The first-order valence-electron chi connectivity index (χ1n) is 10.1. The molecule has 0 bridgehead atoms. The molecule has 0 unspecified atom stereocenters. The van der Waals surface area contributed by atoms with Gasteiger partial charge in [0.15, 0.2) is 0 Å². The third kappa shape index (κ3) is 4.80. The van der Waals surface area contributed by atoms with Crippen LogP contribution in [0.25, 0.3) is 0 Å². The van der Waals surface area contributed by atoms with Crippen molar-refractivity contribution < 1.29 is 9.59 Å². The molecule has 2 fully saturated rings. The van der Waals surface area contributed by atoms with Gasteiger partial charge < -0.3 is 20.4 Å². The van der Waals surface area contributed by atoms with E-state index in [1.165, 1.54) is 0 Å². The van der Waals surface area contributed by atoms with Crippen LogP contribution in [-0.4, -0.2) is 72.3 Å². The molecule has 2 aliphatic heterocycles. The van der Waals surface area contributed by atoms with Crippen molar-refractivity contribution in [3.05, 3.63) is 29.3 Å². The molecule has 0 spiro atoms. The molecule has 1 aromatic rings. The van der Waals surface area contributed by atoms with Crippen molar-refractivity contribution in [2.75, 3.05) is 51.5 Å². The van der Waals surface area contributed by atoms with E-state index in [1.807, 2.05) is 28.9 Å². The number of aryl methyl sites for hydroxylation is 1. The number of piperazine rings is 1. The monoisotopic (exact) mass is 372 g/mol. The molecule has 0 atom stereocenters. The van der Waals surface area contributed by atoms with Crippen LogP contribution in [0.1, 0.15) is 42.1 Å². The lowest BCUT2D eigenvalue weighted by Gasteiger charge is -2.36. The number of hydrogen-bond acceptors (Lipinski definition) is 4. The molecule has 1 aromatic carbocycles. The number of likely N-dealkylation sites (tertiary alicyclic amines) is 1. The predicted molar refractivity (Wildman–Crippen MR) is 108 cm³/mol. The van der Waals surface area contributed by atoms with Crippen LogP contribution in [0.3, 0.4) is 0 Å². The molecule has 6 heteroatoms. The number of benzene rings is 1. The smallest absolute Gasteiger partial charge is 0.254 e. The second kappa shape index (κ2) is 8.74. The Bertz CT molecular complexity index is 675. The largest absolute Gasteiger partial charge is 0.399 e. The Hall–Kier alpha value is -2.08. The average Bonchev–Trinajstić information content (AvgIpc) is 2.70. The van der Waals surface area contributed by atoms with Crippen LogP contribution in [0.2, 0.25) is 0 Å². The van der Waals surface area contributed by atoms with Gasteiger partial charge in [0.25, 0.3) is 5.91 Å². The number of carbonyl (C=O) groups excluding carboxylic acids is 2. The lowest BCUT2D eigenvalue weighted by atomic mass is 9.92. The van der Waals surface area contributed by atoms with Crippen LogP contribution in [0.15, 0.2) is 18.2 Å². The van der Waals surface area contributed by atoms with Crippen molar-refractivity contribution in [2.45, 2.75) is 33.1 Å². The van der Waals surface area contributed by atoms with E-state index in [0.29, 0.717) is 36.7 Å². The van der Waals surface area contributed by atoms with Crippen LogP contribution in [-0.2, 0) is 4.79 Å². The number of anilines is 1. The van der Waals surface area contributed by atoms with Gasteiger partial charge in [0.05, 0.1) is 0 Å². The van der Waals surface area contributed by atoms with E-state index in [2.05, 4.69) is 11.8 Å². The molecule has 3 rings (SSSR count). The van der Waals surface area contributed by atoms with Gasteiger partial charge in [0, 0.05) is 56.9 Å². The van der Waals surface area contributed by atoms with Gasteiger partial charge in [-0.2, -0.15) is 0 Å². The second-order valence-corrected chi connectivity index (χ2v) is 7.83. The fourth-order valence-electron chi connectivity index (χ4n) is 4.07. The third-order valence-corrected chi connectivity index (χ3v) is 6.03. The summed E-state index contributed by atoms with van der Waals surface area (Å²) < 4.78 is 0. The van der Waals surface area contributed by atoms with Crippen LogP contribution in [0.5, 0.6) is 0 Å². The summed E-state index contributed by atoms with van der Waals surface area (Å²) in [7, 11) is 0. The number of rotatable bonds is 4. The number of hydrogen-bond donors (Lipinski definition) is 1. The molecule has 0 aromatic heterocycles. The Labute approximate surface area is 162 Å². The molecule has 0 aliphatic carbocycles. The molecule has 148 valence electrons. The SMILES string of the molecule is CCN1CCN(C(=O)CC2CCN(C(=O)c3cc(N)ccc3C)CC2)CC1. The molecule has 0 saturated carbocycles. The first-order valence-corrected chi connectivity index (χ1v) is 10.1. The summed E-state index contributed by atoms with van der Waals surface area (Å²) in [4.78, 5) is 31.7. The van der Waals surface area contributed by atoms with Crippen molar-refractivity contribution >= 4 is 17.5 Å². The van der Waals surface area contributed by atoms with Crippen molar-refractivity contribution in [3.63, 3.8) is 0 Å². The minimum Gasteiger partial charge on any atom is -0.399 e. The third-order valence-electron chi connectivity index (χ3n) is 6.03. The van der Waals surface area contributed by atoms with Crippen molar-refractivity contribution in [3.8, 4) is 0 Å². The van der Waals surface area contributed by atoms with Crippen LogP contribution in [0.4, 0.5) is 5.69 Å². The molecule has 2 heterocycles. The minimum atomic E-state index is 0.0558. The number of likely N-dealkylation sites (N-methyl/N-ethyl adjacent to an activating group) is 1. The molecular formula is C21H32N4O2. The van der Waals surface area contributed by atoms with E-state index in [0.717, 1.165) is 51.1 Å². The lowest BCUT2D eigenvalue weighted by Crippen LogP contribution is -2.49. The highest BCUT2D eigenvalue weighted by molar-refractivity contribution is 5.96. The summed E-state index contributed by atoms with van der Waals surface area (Å²) in [5, 5.41) is 0. The van der Waals surface area contributed by atoms with E-state index in [4.69, 9.17) is 5.73 Å². The number of piperidine rings is 1. The van der Waals surface area contributed by atoms with E-state index in [9.17, 15) is 9.59 Å². The summed E-state index contributed by atoms with van der Waals surface area (Å²) in [6.45, 7) is 10.2. The number of amides is 2. The van der Waals surface area contributed by atoms with Crippen LogP contribution < -0.4 is 5.73 Å². The molecule has 0 radical (unpaired) electrons. The Morgan fingerprint density at radius 2 is 1.70 bits per heavy atom. The molecule has 2 amide bonds. The summed E-state index contributed by atoms with van der Waals surface area (Å²) >= 11 is 0. The highest BCUT2D eigenvalue weighted by Crippen LogP contribution is 2.24. The van der Waals surface area contributed by atoms with E-state index in [-0.39, 0.29) is 11.8 Å². The predicted octanol–water partition coefficient (Wildman–Crippen LogP) is 1.98. The van der Waals surface area contributed by atoms with Gasteiger partial charge in [0.2, 0.25) is 5.91 Å². The Balaban J connectivity index is 1.48. The number of nitrogens with zero attached hydrogens (tertiary/aromatic N) is 3. The highest BCUT2D eigenvalue weighted by Gasteiger charge is 2.28. The van der Waals surface area contributed by atoms with Gasteiger partial charge in [-0.15, -0.1) is 0 Å². The Morgan fingerprint density at radius 1 is 1.04 bits per heavy atom. The maximum atomic E-state index is 12.8. The molecule has 6 nitrogen and oxygen atoms in total. The van der Waals surface area contributed by atoms with Crippen molar-refractivity contribution in [1.29, 1.82) is 0 Å². The topological polar surface area (TPSA) is 69.9 Å². The van der Waals surface area contributed by atoms with Crippen LogP contribution in [0, 0.1) is 12.8 Å². The summed E-state index contributed by atoms with van der Waals surface area (Å²) in [5.41, 5.74) is 8.11. The molecule has 2 N–H and O–H groups in total. The fourth-order valence-corrected chi connectivity index (χ4v) is 4.07. The van der Waals surface area contributed by atoms with E-state index in [1.54, 1.807) is 6.07 Å². The zero-order chi connectivity index (χ0) is 19.4. The van der Waals surface area contributed by atoms with Gasteiger partial charge in [-0.05, 0) is 49.9 Å². The van der Waals surface area contributed by atoms with Crippen molar-refractivity contribution in [2.24, 2.45) is 5.92 Å². The zero-order valence-corrected chi connectivity index (χ0v) is 16.6. The maximum Gasteiger partial charge on any atom is 0.254 e. The lowest BCUT2D eigenvalue weighted by molar-refractivity contribution is -0.134. The summed E-state index contributed by atoms with van der Waals surface area (Å²) in [6.07, 6.45) is 2.41. The van der Waals surface area contributed by atoms with Gasteiger partial charge in [-0.25, -0.2) is 0 Å². The van der Waals surface area contributed by atoms with Crippen molar-refractivity contribution in [1.82, 2.24) is 14.7 Å². The van der Waals surface area contributed by atoms with E-state index >= 15 is 0 Å². The quantitative estimate of drug-likeness (QED) is 0.821. The highest BCUT2D eigenvalue weighted by atomic mass is 16.2. The van der Waals surface area contributed by atoms with Crippen LogP contribution >= 0.6 is 0 Å². The van der Waals surface area contributed by atoms with Gasteiger partial charge in [0.1, 0.15) is 0 Å². The standard InChI is InChI=1S/C21H32N4O2/c1-3-23-10-12-24(13-11-23)20(26)14-17-6-8-25(9-7-17)21(27)19-15-18(22)5-4-16(19)2/h4-5,15,17H,3,6-14,22H2,1-2H3. The summed E-state index contributed by atoms with van der Waals surface area (Å²) in [5.74, 6) is 0.718. The van der Waals surface area contributed by atoms with E-state index < -0.39 is 0 Å². The Morgan fingerprint density at radius 3 is 2.33 bits per heavy atom. The van der Waals surface area contributed by atoms with Gasteiger partial charge >= 0.3 is 0 Å². The fraction of sp³-hybridized carbons (Fsp3) is 0.619.